The van der Waals surface area contributed by atoms with Crippen molar-refractivity contribution in [1.29, 1.82) is 0 Å². The third-order valence-electron chi connectivity index (χ3n) is 3.84. The van der Waals surface area contributed by atoms with E-state index >= 15 is 0 Å². The Labute approximate surface area is 159 Å². The molecule has 0 aliphatic rings. The molecule has 1 rings (SSSR count). The summed E-state index contributed by atoms with van der Waals surface area (Å²) in [5, 5.41) is 8.46. The van der Waals surface area contributed by atoms with E-state index in [2.05, 4.69) is 37.3 Å². The van der Waals surface area contributed by atoms with Gasteiger partial charge in [0.1, 0.15) is 0 Å². The first-order valence-corrected chi connectivity index (χ1v) is 12.0. The molecule has 0 amide bonds. The van der Waals surface area contributed by atoms with Gasteiger partial charge in [-0.3, -0.25) is 4.79 Å². The molecule has 0 saturated carbocycles. The Morgan fingerprint density at radius 2 is 1.26 bits per heavy atom. The number of rotatable bonds is 12. The van der Waals surface area contributed by atoms with Crippen molar-refractivity contribution in [2.24, 2.45) is 0 Å². The van der Waals surface area contributed by atoms with Crippen molar-refractivity contribution < 1.29 is 36.0 Å². The Balaban J connectivity index is 0.000000568. The second kappa shape index (κ2) is 18.0. The molecular formula is C20H33HgO2. The van der Waals surface area contributed by atoms with Gasteiger partial charge in [-0.05, 0) is 6.42 Å². The fourth-order valence-corrected chi connectivity index (χ4v) is 3.48. The molecular weight excluding hydrogens is 473 g/mol. The van der Waals surface area contributed by atoms with Crippen molar-refractivity contribution in [2.75, 3.05) is 0 Å². The fourth-order valence-electron chi connectivity index (χ4n) is 2.42. The van der Waals surface area contributed by atoms with E-state index in [0.29, 0.717) is 6.42 Å². The average molecular weight is 506 g/mol. The number of hydrogen-bond donors (Lipinski definition) is 1. The molecule has 0 radical (unpaired) electrons. The van der Waals surface area contributed by atoms with Crippen LogP contribution in [0, 0.1) is 0 Å². The number of hydrogen-bond acceptors (Lipinski definition) is 1. The molecule has 0 unspecified atom stereocenters. The van der Waals surface area contributed by atoms with Gasteiger partial charge in [-0.25, -0.2) is 0 Å². The van der Waals surface area contributed by atoms with Crippen molar-refractivity contribution in [2.45, 2.75) is 84.0 Å². The molecule has 1 aromatic rings. The summed E-state index contributed by atoms with van der Waals surface area (Å²) in [5.74, 6) is -0.657. The SMILES string of the molecule is CCCCCCCCCCCCCC(=O)O.[Hg][c]1ccccc1. The summed E-state index contributed by atoms with van der Waals surface area (Å²) in [6, 6.07) is 10.6. The zero-order chi connectivity index (χ0) is 17.2. The van der Waals surface area contributed by atoms with Crippen LogP contribution in [0.4, 0.5) is 0 Å². The van der Waals surface area contributed by atoms with E-state index in [-0.39, 0.29) is 0 Å². The van der Waals surface area contributed by atoms with E-state index in [1.54, 1.807) is 0 Å². The predicted octanol–water partition coefficient (Wildman–Crippen LogP) is 5.63. The molecule has 0 spiro atoms. The molecule has 1 aromatic carbocycles. The van der Waals surface area contributed by atoms with E-state index < -0.39 is 5.97 Å². The monoisotopic (exact) mass is 507 g/mol. The molecule has 23 heavy (non-hydrogen) atoms. The van der Waals surface area contributed by atoms with Gasteiger partial charge in [0.15, 0.2) is 0 Å². The maximum atomic E-state index is 10.3. The summed E-state index contributed by atoms with van der Waals surface area (Å²) in [6.07, 6.45) is 14.4. The topological polar surface area (TPSA) is 37.3 Å². The molecule has 0 atom stereocenters. The van der Waals surface area contributed by atoms with Gasteiger partial charge in [-0.15, -0.1) is 0 Å². The van der Waals surface area contributed by atoms with Gasteiger partial charge in [0.25, 0.3) is 0 Å². The normalized spacial score (nSPS) is 10.0. The first kappa shape index (κ1) is 22.6. The third-order valence-corrected chi connectivity index (χ3v) is 5.67. The molecule has 0 heterocycles. The summed E-state index contributed by atoms with van der Waals surface area (Å²) in [5.41, 5.74) is 0. The maximum absolute atomic E-state index is 10.3. The summed E-state index contributed by atoms with van der Waals surface area (Å²) < 4.78 is 1.52. The Kier molecular flexibility index (Phi) is 17.7. The van der Waals surface area contributed by atoms with E-state index in [0.717, 1.165) is 39.0 Å². The number of unbranched alkanes of at least 4 members (excludes halogenated alkanes) is 10. The van der Waals surface area contributed by atoms with Gasteiger partial charge >= 0.3 is 65.5 Å². The van der Waals surface area contributed by atoms with Gasteiger partial charge in [0.2, 0.25) is 0 Å². The van der Waals surface area contributed by atoms with Crippen molar-refractivity contribution in [3.8, 4) is 0 Å². The second-order valence-electron chi connectivity index (χ2n) is 6.16. The van der Waals surface area contributed by atoms with Gasteiger partial charge in [-0.1, -0.05) is 71.1 Å². The van der Waals surface area contributed by atoms with Gasteiger partial charge in [0, 0.05) is 6.42 Å². The van der Waals surface area contributed by atoms with Gasteiger partial charge in [-0.2, -0.15) is 0 Å². The van der Waals surface area contributed by atoms with Crippen LogP contribution in [0.2, 0.25) is 0 Å². The summed E-state index contributed by atoms with van der Waals surface area (Å²) in [4.78, 5) is 10.3. The number of carboxylic acids is 1. The molecule has 0 aromatic heterocycles. The van der Waals surface area contributed by atoms with E-state index in [1.807, 2.05) is 0 Å². The number of aliphatic carboxylic acids is 1. The number of carboxylic acid groups (broad SMARTS) is 1. The fraction of sp³-hybridized carbons (Fsp3) is 0.650. The van der Waals surface area contributed by atoms with Gasteiger partial charge in [0.05, 0.1) is 0 Å². The van der Waals surface area contributed by atoms with E-state index in [4.69, 9.17) is 5.11 Å². The van der Waals surface area contributed by atoms with Crippen molar-refractivity contribution in [1.82, 2.24) is 0 Å². The third kappa shape index (κ3) is 19.6. The van der Waals surface area contributed by atoms with Crippen molar-refractivity contribution in [3.05, 3.63) is 30.3 Å². The molecule has 0 fully saturated rings. The Morgan fingerprint density at radius 1 is 0.826 bits per heavy atom. The van der Waals surface area contributed by atoms with Crippen LogP contribution < -0.4 is 3.07 Å². The van der Waals surface area contributed by atoms with Crippen LogP contribution in [-0.4, -0.2) is 11.1 Å². The molecule has 0 aliphatic carbocycles. The van der Waals surface area contributed by atoms with Crippen molar-refractivity contribution in [3.63, 3.8) is 0 Å². The number of carbonyl (C=O) groups is 1. The zero-order valence-corrected chi connectivity index (χ0v) is 20.4. The molecule has 2 nitrogen and oxygen atoms in total. The molecule has 0 aliphatic heterocycles. The molecule has 0 bridgehead atoms. The van der Waals surface area contributed by atoms with Crippen LogP contribution in [0.5, 0.6) is 0 Å². The Bertz CT molecular complexity index is 365. The summed E-state index contributed by atoms with van der Waals surface area (Å²) >= 11 is 0.810. The molecule has 127 valence electrons. The van der Waals surface area contributed by atoms with Crippen LogP contribution in [0.3, 0.4) is 0 Å². The minimum absolute atomic E-state index is 0.344. The molecule has 3 heteroatoms. The Morgan fingerprint density at radius 3 is 1.61 bits per heavy atom. The molecule has 0 saturated heterocycles. The predicted molar refractivity (Wildman–Crippen MR) is 94.8 cm³/mol. The standard InChI is InChI=1S/C14H28O2.C6H5.Hg/c1-2-3-4-5-6-7-8-9-10-11-12-13-14(15)16;1-2-4-6-5-3-1;/h2-13H2,1H3,(H,15,16);1-5H;. The van der Waals surface area contributed by atoms with Crippen LogP contribution >= 0.6 is 0 Å². The first-order chi connectivity index (χ1) is 11.2. The van der Waals surface area contributed by atoms with Crippen LogP contribution in [0.15, 0.2) is 30.3 Å². The summed E-state index contributed by atoms with van der Waals surface area (Å²) in [7, 11) is 0. The van der Waals surface area contributed by atoms with Gasteiger partial charge < -0.3 is 5.11 Å². The molecule has 1 N–H and O–H groups in total. The number of benzene rings is 1. The summed E-state index contributed by atoms with van der Waals surface area (Å²) in [6.45, 7) is 2.25. The average Bonchev–Trinajstić information content (AvgIpc) is 2.54. The quantitative estimate of drug-likeness (QED) is 0.295. The van der Waals surface area contributed by atoms with Crippen LogP contribution in [-0.2, 0) is 30.9 Å². The minimum atomic E-state index is -0.657. The van der Waals surface area contributed by atoms with Crippen molar-refractivity contribution >= 4 is 9.04 Å². The Hall–Kier alpha value is -0.375. The van der Waals surface area contributed by atoms with Crippen LogP contribution in [0.25, 0.3) is 0 Å². The van der Waals surface area contributed by atoms with E-state index in [9.17, 15) is 4.79 Å². The zero-order valence-electron chi connectivity index (χ0n) is 14.9. The van der Waals surface area contributed by atoms with Crippen LogP contribution in [0.1, 0.15) is 84.0 Å². The first-order valence-electron chi connectivity index (χ1n) is 9.25. The second-order valence-corrected chi connectivity index (χ2v) is 9.34. The van der Waals surface area contributed by atoms with E-state index in [1.165, 1.54) is 60.9 Å².